The van der Waals surface area contributed by atoms with Crippen LogP contribution in [0.15, 0.2) is 18.2 Å². The summed E-state index contributed by atoms with van der Waals surface area (Å²) in [6.45, 7) is 0. The van der Waals surface area contributed by atoms with E-state index in [9.17, 15) is 45.4 Å². The van der Waals surface area contributed by atoms with Crippen LogP contribution < -0.4 is 5.32 Å². The molecule has 0 spiro atoms. The normalized spacial score (nSPS) is 34.4. The molecule has 2 bridgehead atoms. The predicted octanol–water partition coefficient (Wildman–Crippen LogP) is 5.16. The SMILES string of the molecule is O=C(NC12CC(C(=O)O)(C1)C2)[C@@H]1CCC2c3ccc(C(F)(C(F)(F)F)C(F)(F)F)cc3CCC21. The van der Waals surface area contributed by atoms with Crippen molar-refractivity contribution in [3.05, 3.63) is 34.9 Å². The maximum absolute atomic E-state index is 14.5. The van der Waals surface area contributed by atoms with Crippen LogP contribution in [0.25, 0.3) is 0 Å². The standard InChI is InChI=1S/C23H22F7NO3/c24-21(22(25,26)27,23(28,29)30)12-2-4-13-11(7-12)1-3-15-14(13)5-6-16(15)17(32)31-20-8-19(9-20,10-20)18(33)34/h2,4,7,14-16H,1,3,5-6,8-10H2,(H,31,32)(H,33,34)/t14?,15?,16-,19?,20?/m1/s1. The monoisotopic (exact) mass is 493 g/mol. The Morgan fingerprint density at radius 1 is 0.941 bits per heavy atom. The molecule has 5 aliphatic rings. The van der Waals surface area contributed by atoms with Crippen LogP contribution in [0.1, 0.15) is 61.1 Å². The second-order valence-corrected chi connectivity index (χ2v) is 10.4. The number of carbonyl (C=O) groups is 2. The summed E-state index contributed by atoms with van der Waals surface area (Å²) >= 11 is 0. The van der Waals surface area contributed by atoms with E-state index >= 15 is 0 Å². The van der Waals surface area contributed by atoms with Gasteiger partial charge in [-0.1, -0.05) is 18.2 Å². The lowest BCUT2D eigenvalue weighted by molar-refractivity contribution is -0.348. The number of nitrogens with one attached hydrogen (secondary N) is 1. The summed E-state index contributed by atoms with van der Waals surface area (Å²) in [6, 6.07) is 2.38. The summed E-state index contributed by atoms with van der Waals surface area (Å²) in [5.74, 6) is -1.74. The Hall–Kier alpha value is -2.33. The number of aryl methyl sites for hydroxylation is 1. The maximum Gasteiger partial charge on any atom is 0.435 e. The van der Waals surface area contributed by atoms with Crippen molar-refractivity contribution in [2.24, 2.45) is 17.3 Å². The van der Waals surface area contributed by atoms with E-state index in [1.165, 1.54) is 0 Å². The smallest absolute Gasteiger partial charge is 0.435 e. The van der Waals surface area contributed by atoms with Crippen molar-refractivity contribution in [3.8, 4) is 0 Å². The molecule has 34 heavy (non-hydrogen) atoms. The number of rotatable bonds is 4. The molecule has 4 fully saturated rings. The molecule has 186 valence electrons. The highest BCUT2D eigenvalue weighted by atomic mass is 19.4. The van der Waals surface area contributed by atoms with Gasteiger partial charge < -0.3 is 10.4 Å². The van der Waals surface area contributed by atoms with Gasteiger partial charge in [0.05, 0.1) is 5.41 Å². The molecule has 6 rings (SSSR count). The zero-order valence-corrected chi connectivity index (χ0v) is 17.8. The Balaban J connectivity index is 1.33. The Kier molecular flexibility index (Phi) is 4.73. The Labute approximate surface area is 189 Å². The lowest BCUT2D eigenvalue weighted by atomic mass is 9.39. The van der Waals surface area contributed by atoms with Crippen molar-refractivity contribution in [1.82, 2.24) is 5.32 Å². The van der Waals surface area contributed by atoms with Crippen LogP contribution in [-0.2, 0) is 21.7 Å². The molecule has 1 aromatic rings. The zero-order chi connectivity index (χ0) is 24.9. The molecule has 0 saturated heterocycles. The van der Waals surface area contributed by atoms with Gasteiger partial charge in [-0.15, -0.1) is 0 Å². The highest BCUT2D eigenvalue weighted by Crippen LogP contribution is 2.67. The molecule has 0 heterocycles. The Morgan fingerprint density at radius 2 is 1.56 bits per heavy atom. The fraction of sp³-hybridized carbons (Fsp3) is 0.652. The van der Waals surface area contributed by atoms with E-state index in [1.807, 2.05) is 0 Å². The van der Waals surface area contributed by atoms with E-state index in [-0.39, 0.29) is 35.6 Å². The van der Waals surface area contributed by atoms with Crippen LogP contribution in [0.3, 0.4) is 0 Å². The highest BCUT2D eigenvalue weighted by molar-refractivity contribution is 5.85. The third-order valence-corrected chi connectivity index (χ3v) is 8.50. The van der Waals surface area contributed by atoms with Gasteiger partial charge in [0.1, 0.15) is 0 Å². The van der Waals surface area contributed by atoms with Gasteiger partial charge in [0, 0.05) is 17.0 Å². The molecule has 1 amide bonds. The molecular formula is C23H22F7NO3. The van der Waals surface area contributed by atoms with E-state index in [2.05, 4.69) is 5.32 Å². The number of hydrogen-bond acceptors (Lipinski definition) is 2. The van der Waals surface area contributed by atoms with Gasteiger partial charge in [-0.2, -0.15) is 26.3 Å². The van der Waals surface area contributed by atoms with Crippen molar-refractivity contribution in [2.75, 3.05) is 0 Å². The lowest BCUT2D eigenvalue weighted by Crippen LogP contribution is -2.77. The number of carboxylic acids is 1. The van der Waals surface area contributed by atoms with Crippen molar-refractivity contribution in [1.29, 1.82) is 0 Å². The minimum atomic E-state index is -6.16. The Morgan fingerprint density at radius 3 is 2.12 bits per heavy atom. The van der Waals surface area contributed by atoms with Crippen molar-refractivity contribution >= 4 is 11.9 Å². The van der Waals surface area contributed by atoms with Crippen molar-refractivity contribution in [3.63, 3.8) is 0 Å². The molecule has 4 nitrogen and oxygen atoms in total. The minimum absolute atomic E-state index is 0.125. The second kappa shape index (κ2) is 6.87. The topological polar surface area (TPSA) is 66.4 Å². The van der Waals surface area contributed by atoms with E-state index < -0.39 is 40.5 Å². The van der Waals surface area contributed by atoms with E-state index in [4.69, 9.17) is 0 Å². The van der Waals surface area contributed by atoms with E-state index in [0.29, 0.717) is 56.2 Å². The van der Waals surface area contributed by atoms with Gasteiger partial charge in [0.25, 0.3) is 0 Å². The van der Waals surface area contributed by atoms with Crippen LogP contribution >= 0.6 is 0 Å². The number of hydrogen-bond donors (Lipinski definition) is 2. The second-order valence-electron chi connectivity index (χ2n) is 10.4. The van der Waals surface area contributed by atoms with Gasteiger partial charge in [0.2, 0.25) is 5.91 Å². The number of fused-ring (bicyclic) bond motifs is 3. The molecule has 0 aliphatic heterocycles. The van der Waals surface area contributed by atoms with E-state index in [1.54, 1.807) is 0 Å². The quantitative estimate of drug-likeness (QED) is 0.570. The third kappa shape index (κ3) is 3.03. The summed E-state index contributed by atoms with van der Waals surface area (Å²) in [5.41, 5.74) is -7.33. The highest BCUT2D eigenvalue weighted by Gasteiger charge is 2.74. The first-order chi connectivity index (χ1) is 15.6. The Bertz CT molecular complexity index is 1030. The number of halogens is 7. The summed E-state index contributed by atoms with van der Waals surface area (Å²) in [7, 11) is 0. The summed E-state index contributed by atoms with van der Waals surface area (Å²) in [4.78, 5) is 24.2. The van der Waals surface area contributed by atoms with Crippen LogP contribution in [0.5, 0.6) is 0 Å². The number of alkyl halides is 7. The number of amides is 1. The van der Waals surface area contributed by atoms with Crippen molar-refractivity contribution < 1.29 is 45.4 Å². The number of aliphatic carboxylic acids is 1. The summed E-state index contributed by atoms with van der Waals surface area (Å²) < 4.78 is 93.3. The molecule has 0 radical (unpaired) electrons. The van der Waals surface area contributed by atoms with Gasteiger partial charge in [-0.05, 0) is 67.9 Å². The van der Waals surface area contributed by atoms with Gasteiger partial charge in [0.15, 0.2) is 0 Å². The van der Waals surface area contributed by atoms with Gasteiger partial charge in [-0.3, -0.25) is 9.59 Å². The van der Waals surface area contributed by atoms with Crippen LogP contribution in [0.2, 0.25) is 0 Å². The lowest BCUT2D eigenvalue weighted by Gasteiger charge is -2.68. The molecule has 4 saturated carbocycles. The number of carbonyl (C=O) groups excluding carboxylic acids is 1. The maximum atomic E-state index is 14.5. The first-order valence-corrected chi connectivity index (χ1v) is 11.1. The first-order valence-electron chi connectivity index (χ1n) is 11.1. The summed E-state index contributed by atoms with van der Waals surface area (Å²) in [5, 5.41) is 12.2. The van der Waals surface area contributed by atoms with Crippen LogP contribution in [0.4, 0.5) is 30.7 Å². The number of carboxylic acid groups (broad SMARTS) is 1. The predicted molar refractivity (Wildman–Crippen MR) is 103 cm³/mol. The number of benzene rings is 1. The molecule has 11 heteroatoms. The molecule has 0 aromatic heterocycles. The van der Waals surface area contributed by atoms with Gasteiger partial charge in [-0.25, -0.2) is 4.39 Å². The van der Waals surface area contributed by atoms with Gasteiger partial charge >= 0.3 is 24.0 Å². The average molecular weight is 493 g/mol. The minimum Gasteiger partial charge on any atom is -0.481 e. The summed E-state index contributed by atoms with van der Waals surface area (Å²) in [6.07, 6.45) is -9.52. The van der Waals surface area contributed by atoms with Crippen molar-refractivity contribution in [2.45, 2.75) is 74.4 Å². The fourth-order valence-electron chi connectivity index (χ4n) is 6.89. The zero-order valence-electron chi connectivity index (χ0n) is 17.8. The molecule has 5 aliphatic carbocycles. The van der Waals surface area contributed by atoms with Crippen LogP contribution in [0, 0.1) is 17.3 Å². The molecule has 2 unspecified atom stereocenters. The average Bonchev–Trinajstić information content (AvgIpc) is 3.10. The fourth-order valence-corrected chi connectivity index (χ4v) is 6.89. The van der Waals surface area contributed by atoms with Crippen LogP contribution in [-0.4, -0.2) is 34.9 Å². The molecule has 2 N–H and O–H groups in total. The third-order valence-electron chi connectivity index (χ3n) is 8.50. The molecule has 1 aromatic carbocycles. The molecule has 3 atom stereocenters. The molecular weight excluding hydrogens is 471 g/mol. The van der Waals surface area contributed by atoms with E-state index in [0.717, 1.165) is 6.07 Å². The first kappa shape index (κ1) is 23.4. The largest absolute Gasteiger partial charge is 0.481 e.